The van der Waals surface area contributed by atoms with Crippen LogP contribution in [-0.4, -0.2) is 38.8 Å². The normalized spacial score (nSPS) is 16.3. The van der Waals surface area contributed by atoms with Crippen LogP contribution >= 0.6 is 0 Å². The molecule has 0 spiro atoms. The molecule has 4 aromatic rings. The number of hydrogen-bond acceptors (Lipinski definition) is 8. The molecule has 0 bridgehead atoms. The minimum atomic E-state index is -4.60. The first kappa shape index (κ1) is 35.8. The van der Waals surface area contributed by atoms with Gasteiger partial charge in [0.1, 0.15) is 22.9 Å². The molecule has 1 atom stereocenters. The standard InChI is InChI=1S/C34H30F6N6O4/c1-31(2,3)50-30(48)43-25-15-33(36,37)22-14-23(35)21(27-44-45-29(49-27)32(4,5)17-41)13-26(22)46(28(25)47)16-18-6-8-19(9-7-18)24-12-20(10-11-42-24)34(38,39)40/h6-14,25H,15-16H2,1-5H3,(H,43,48)/t25-/m0/s1. The number of carbonyl (C=O) groups is 2. The fourth-order valence-electron chi connectivity index (χ4n) is 5.09. The van der Waals surface area contributed by atoms with Crippen LogP contribution in [0.1, 0.15) is 63.6 Å². The number of rotatable bonds is 6. The summed E-state index contributed by atoms with van der Waals surface area (Å²) in [5.74, 6) is -6.64. The molecule has 0 fully saturated rings. The molecule has 2 aromatic heterocycles. The van der Waals surface area contributed by atoms with E-state index >= 15 is 13.2 Å². The highest BCUT2D eigenvalue weighted by molar-refractivity contribution is 6.01. The van der Waals surface area contributed by atoms with Gasteiger partial charge in [-0.15, -0.1) is 10.2 Å². The van der Waals surface area contributed by atoms with Crippen LogP contribution in [0.3, 0.4) is 0 Å². The lowest BCUT2D eigenvalue weighted by molar-refractivity contribution is -0.137. The molecule has 5 rings (SSSR count). The Kier molecular flexibility index (Phi) is 9.16. The monoisotopic (exact) mass is 700 g/mol. The number of fused-ring (bicyclic) bond motifs is 1. The number of amides is 2. The number of carbonyl (C=O) groups excluding carboxylic acids is 2. The van der Waals surface area contributed by atoms with Crippen molar-refractivity contribution in [2.75, 3.05) is 4.90 Å². The van der Waals surface area contributed by atoms with Crippen molar-refractivity contribution in [2.45, 2.75) is 76.7 Å². The molecule has 2 aromatic carbocycles. The molecule has 16 heteroatoms. The second-order valence-electron chi connectivity index (χ2n) is 13.2. The number of nitrogens with one attached hydrogen (secondary N) is 1. The fourth-order valence-corrected chi connectivity index (χ4v) is 5.09. The van der Waals surface area contributed by atoms with Gasteiger partial charge in [0.25, 0.3) is 11.8 Å². The molecule has 0 unspecified atom stereocenters. The van der Waals surface area contributed by atoms with Crippen molar-refractivity contribution in [3.05, 3.63) is 83.1 Å². The zero-order valence-electron chi connectivity index (χ0n) is 27.3. The topological polar surface area (TPSA) is 134 Å². The largest absolute Gasteiger partial charge is 0.444 e. The van der Waals surface area contributed by atoms with E-state index in [9.17, 15) is 28.0 Å². The summed E-state index contributed by atoms with van der Waals surface area (Å²) in [5, 5.41) is 19.2. The summed E-state index contributed by atoms with van der Waals surface area (Å²) in [5.41, 5.74) is -4.29. The summed E-state index contributed by atoms with van der Waals surface area (Å²) in [6, 6.07) is 9.13. The third kappa shape index (κ3) is 7.56. The van der Waals surface area contributed by atoms with E-state index in [-0.39, 0.29) is 11.6 Å². The Morgan fingerprint density at radius 1 is 1.08 bits per heavy atom. The Hall–Kier alpha value is -5.46. The van der Waals surface area contributed by atoms with E-state index in [0.29, 0.717) is 17.2 Å². The van der Waals surface area contributed by atoms with Crippen molar-refractivity contribution < 1.29 is 45.1 Å². The maximum atomic E-state index is 15.9. The van der Waals surface area contributed by atoms with Crippen LogP contribution in [-0.2, 0) is 33.6 Å². The Morgan fingerprint density at radius 3 is 2.38 bits per heavy atom. The zero-order chi connectivity index (χ0) is 36.8. The van der Waals surface area contributed by atoms with Gasteiger partial charge in [0.2, 0.25) is 11.8 Å². The maximum Gasteiger partial charge on any atom is 0.416 e. The smallest absolute Gasteiger partial charge is 0.416 e. The molecule has 0 radical (unpaired) electrons. The molecule has 1 aliphatic rings. The third-order valence-electron chi connectivity index (χ3n) is 7.63. The number of pyridine rings is 1. The summed E-state index contributed by atoms with van der Waals surface area (Å²) in [6.07, 6.45) is -5.96. The highest BCUT2D eigenvalue weighted by Crippen LogP contribution is 2.45. The van der Waals surface area contributed by atoms with E-state index in [1.54, 1.807) is 20.8 Å². The van der Waals surface area contributed by atoms with Crippen molar-refractivity contribution in [1.82, 2.24) is 20.5 Å². The second-order valence-corrected chi connectivity index (χ2v) is 13.2. The first-order valence-electron chi connectivity index (χ1n) is 15.1. The van der Waals surface area contributed by atoms with Crippen molar-refractivity contribution in [1.29, 1.82) is 5.26 Å². The number of nitriles is 1. The predicted molar refractivity (Wildman–Crippen MR) is 166 cm³/mol. The average Bonchev–Trinajstić information content (AvgIpc) is 3.51. The minimum Gasteiger partial charge on any atom is -0.444 e. The van der Waals surface area contributed by atoms with Gasteiger partial charge in [-0.3, -0.25) is 9.78 Å². The van der Waals surface area contributed by atoms with Crippen LogP contribution in [0, 0.1) is 17.1 Å². The number of nitrogens with zero attached hydrogens (tertiary/aromatic N) is 5. The van der Waals surface area contributed by atoms with Gasteiger partial charge in [-0.05, 0) is 64.4 Å². The molecular weight excluding hydrogens is 670 g/mol. The zero-order valence-corrected chi connectivity index (χ0v) is 27.3. The summed E-state index contributed by atoms with van der Waals surface area (Å²) in [6.45, 7) is 7.19. The number of halogens is 6. The number of alkyl carbamates (subject to hydrolysis) is 1. The molecule has 0 saturated heterocycles. The van der Waals surface area contributed by atoms with Gasteiger partial charge in [-0.1, -0.05) is 24.3 Å². The first-order valence-corrected chi connectivity index (χ1v) is 15.1. The predicted octanol–water partition coefficient (Wildman–Crippen LogP) is 7.68. The van der Waals surface area contributed by atoms with Gasteiger partial charge in [-0.2, -0.15) is 18.4 Å². The quantitative estimate of drug-likeness (QED) is 0.203. The van der Waals surface area contributed by atoms with Gasteiger partial charge in [0.15, 0.2) is 0 Å². The van der Waals surface area contributed by atoms with E-state index in [2.05, 4.69) is 20.5 Å². The Labute approximate surface area is 282 Å². The maximum absolute atomic E-state index is 15.9. The van der Waals surface area contributed by atoms with Gasteiger partial charge >= 0.3 is 12.3 Å². The Morgan fingerprint density at radius 2 is 1.76 bits per heavy atom. The van der Waals surface area contributed by atoms with Crippen LogP contribution < -0.4 is 10.2 Å². The lowest BCUT2D eigenvalue weighted by Gasteiger charge is -2.27. The van der Waals surface area contributed by atoms with E-state index in [1.165, 1.54) is 38.1 Å². The molecule has 1 aliphatic heterocycles. The SMILES string of the molecule is CC(C)(C)OC(=O)N[C@H]1CC(F)(F)c2cc(F)c(-c3nnc(C(C)(C)C#N)o3)cc2N(Cc2ccc(-c3cc(C(F)(F)F)ccn3)cc2)C1=O. The summed E-state index contributed by atoms with van der Waals surface area (Å²) in [4.78, 5) is 31.6. The second kappa shape index (κ2) is 12.8. The fraction of sp³-hybridized carbons (Fsp3) is 0.353. The minimum absolute atomic E-state index is 0.0162. The first-order chi connectivity index (χ1) is 23.2. The van der Waals surface area contributed by atoms with Crippen LogP contribution in [0.5, 0.6) is 0 Å². The highest BCUT2D eigenvalue weighted by Gasteiger charge is 2.47. The molecule has 3 heterocycles. The van der Waals surface area contributed by atoms with Gasteiger partial charge in [0.05, 0.1) is 35.1 Å². The van der Waals surface area contributed by atoms with Gasteiger partial charge < -0.3 is 19.4 Å². The molecule has 0 aliphatic carbocycles. The lowest BCUT2D eigenvalue weighted by Crippen LogP contribution is -2.49. The van der Waals surface area contributed by atoms with Crippen LogP contribution in [0.2, 0.25) is 0 Å². The molecule has 1 N–H and O–H groups in total. The number of anilines is 1. The van der Waals surface area contributed by atoms with Crippen molar-refractivity contribution >= 4 is 17.7 Å². The van der Waals surface area contributed by atoms with Crippen LogP contribution in [0.25, 0.3) is 22.7 Å². The van der Waals surface area contributed by atoms with E-state index in [4.69, 9.17) is 9.15 Å². The van der Waals surface area contributed by atoms with Gasteiger partial charge in [-0.25, -0.2) is 18.0 Å². The molecular formula is C34H30F6N6O4. The Bertz CT molecular complexity index is 1980. The highest BCUT2D eigenvalue weighted by atomic mass is 19.4. The molecule has 0 saturated carbocycles. The number of aromatic nitrogens is 3. The van der Waals surface area contributed by atoms with Crippen LogP contribution in [0.15, 0.2) is 59.1 Å². The van der Waals surface area contributed by atoms with E-state index in [1.807, 2.05) is 6.07 Å². The lowest BCUT2D eigenvalue weighted by atomic mass is 9.96. The number of hydrogen-bond donors (Lipinski definition) is 1. The third-order valence-corrected chi connectivity index (χ3v) is 7.63. The van der Waals surface area contributed by atoms with Crippen molar-refractivity contribution in [2.24, 2.45) is 0 Å². The average molecular weight is 701 g/mol. The van der Waals surface area contributed by atoms with Crippen LogP contribution in [0.4, 0.5) is 36.8 Å². The summed E-state index contributed by atoms with van der Waals surface area (Å²) in [7, 11) is 0. The summed E-state index contributed by atoms with van der Waals surface area (Å²) >= 11 is 0. The van der Waals surface area contributed by atoms with E-state index in [0.717, 1.165) is 29.3 Å². The Balaban J connectivity index is 1.58. The molecule has 50 heavy (non-hydrogen) atoms. The van der Waals surface area contributed by atoms with Crippen molar-refractivity contribution in [3.8, 4) is 28.8 Å². The number of alkyl halides is 5. The van der Waals surface area contributed by atoms with Crippen molar-refractivity contribution in [3.63, 3.8) is 0 Å². The molecule has 10 nitrogen and oxygen atoms in total. The molecule has 262 valence electrons. The summed E-state index contributed by atoms with van der Waals surface area (Å²) < 4.78 is 98.0. The van der Waals surface area contributed by atoms with Gasteiger partial charge in [0, 0.05) is 23.7 Å². The van der Waals surface area contributed by atoms with E-state index < -0.39 is 88.2 Å². The number of benzene rings is 2. The molecule has 2 amide bonds. The number of ether oxygens (including phenoxy) is 1.